The summed E-state index contributed by atoms with van der Waals surface area (Å²) in [5, 5.41) is 3.98. The first-order valence-corrected chi connectivity index (χ1v) is 15.5. The van der Waals surface area contributed by atoms with Gasteiger partial charge in [-0.15, -0.1) is 11.8 Å². The van der Waals surface area contributed by atoms with E-state index in [9.17, 15) is 4.79 Å². The Hall–Kier alpha value is -1.20. The monoisotopic (exact) mass is 538 g/mol. The predicted molar refractivity (Wildman–Crippen MR) is 148 cm³/mol. The molecule has 0 atom stereocenters. The molecule has 0 saturated carbocycles. The maximum absolute atomic E-state index is 12.8. The molecule has 35 heavy (non-hydrogen) atoms. The highest BCUT2D eigenvalue weighted by atomic mass is 32.2. The second-order valence-electron chi connectivity index (χ2n) is 12.3. The van der Waals surface area contributed by atoms with Gasteiger partial charge in [0.25, 0.3) is 0 Å². The van der Waals surface area contributed by atoms with E-state index in [4.69, 9.17) is 8.84 Å². The van der Waals surface area contributed by atoms with Crippen LogP contribution in [0.4, 0.5) is 5.13 Å². The molecule has 2 aromatic heterocycles. The Morgan fingerprint density at radius 2 is 1.86 bits per heavy atom. The fourth-order valence-electron chi connectivity index (χ4n) is 3.80. The number of anilines is 1. The largest absolute Gasteiger partial charge is 0.444 e. The first-order chi connectivity index (χ1) is 16.2. The molecule has 7 nitrogen and oxygen atoms in total. The first kappa shape index (κ1) is 28.4. The zero-order chi connectivity index (χ0) is 25.9. The number of nitrogens with zero attached hydrogens (tertiary/aromatic N) is 3. The molecule has 0 aliphatic carbocycles. The number of hydrogen-bond acceptors (Lipinski definition) is 8. The van der Waals surface area contributed by atoms with Crippen molar-refractivity contribution >= 4 is 43.9 Å². The van der Waals surface area contributed by atoms with E-state index in [2.05, 4.69) is 75.6 Å². The van der Waals surface area contributed by atoms with Crippen LogP contribution < -0.4 is 5.32 Å². The molecule has 0 radical (unpaired) electrons. The number of amides is 1. The fraction of sp³-hybridized carbons (Fsp3) is 0.720. The van der Waals surface area contributed by atoms with Crippen molar-refractivity contribution in [2.75, 3.05) is 25.0 Å². The van der Waals surface area contributed by atoms with E-state index in [-0.39, 0.29) is 22.8 Å². The molecule has 10 heteroatoms. The number of carbonyl (C=O) groups excluding carboxylic acids is 1. The van der Waals surface area contributed by atoms with Crippen LogP contribution in [0.5, 0.6) is 0 Å². The number of nitrogens with one attached hydrogen (secondary N) is 1. The molecule has 0 bridgehead atoms. The van der Waals surface area contributed by atoms with Crippen LogP contribution in [-0.2, 0) is 20.4 Å². The minimum absolute atomic E-state index is 0.0300. The Kier molecular flexibility index (Phi) is 9.29. The molecule has 1 saturated heterocycles. The SMILES string of the molecule is CC(C)(CN1CCC(C(=O)Nc2ncc(SCc3ncc(C(C)(C)C)o3)s2)CC1)O[SiH2]C(C)(C)C. The average Bonchev–Trinajstić information content (AvgIpc) is 3.40. The van der Waals surface area contributed by atoms with Gasteiger partial charge in [-0.2, -0.15) is 0 Å². The number of carbonyl (C=O) groups is 1. The highest BCUT2D eigenvalue weighted by Crippen LogP contribution is 2.32. The summed E-state index contributed by atoms with van der Waals surface area (Å²) in [6, 6.07) is 0. The van der Waals surface area contributed by atoms with Crippen molar-refractivity contribution in [1.82, 2.24) is 14.9 Å². The van der Waals surface area contributed by atoms with Gasteiger partial charge in [-0.25, -0.2) is 9.97 Å². The van der Waals surface area contributed by atoms with Gasteiger partial charge in [-0.3, -0.25) is 4.79 Å². The van der Waals surface area contributed by atoms with Crippen LogP contribution in [0.2, 0.25) is 5.04 Å². The lowest BCUT2D eigenvalue weighted by molar-refractivity contribution is -0.121. The Balaban J connectivity index is 1.41. The van der Waals surface area contributed by atoms with Gasteiger partial charge in [0.1, 0.15) is 5.76 Å². The van der Waals surface area contributed by atoms with Crippen LogP contribution in [0.1, 0.15) is 79.9 Å². The predicted octanol–water partition coefficient (Wildman–Crippen LogP) is 5.47. The van der Waals surface area contributed by atoms with E-state index in [0.29, 0.717) is 21.8 Å². The third kappa shape index (κ3) is 9.31. The number of oxazole rings is 1. The molecule has 196 valence electrons. The smallest absolute Gasteiger partial charge is 0.229 e. The lowest BCUT2D eigenvalue weighted by Gasteiger charge is -2.38. The zero-order valence-corrected chi connectivity index (χ0v) is 25.6. The van der Waals surface area contributed by atoms with Gasteiger partial charge in [0.2, 0.25) is 11.8 Å². The first-order valence-electron chi connectivity index (χ1n) is 12.4. The summed E-state index contributed by atoms with van der Waals surface area (Å²) in [5.41, 5.74) is -0.186. The number of piperidine rings is 1. The molecule has 1 amide bonds. The minimum atomic E-state index is -0.587. The van der Waals surface area contributed by atoms with Crippen LogP contribution in [0, 0.1) is 5.92 Å². The van der Waals surface area contributed by atoms with E-state index in [1.807, 2.05) is 6.20 Å². The summed E-state index contributed by atoms with van der Waals surface area (Å²) in [5.74, 6) is 2.35. The topological polar surface area (TPSA) is 80.5 Å². The molecule has 3 rings (SSSR count). The highest BCUT2D eigenvalue weighted by molar-refractivity contribution is 8.00. The highest BCUT2D eigenvalue weighted by Gasteiger charge is 2.30. The van der Waals surface area contributed by atoms with Gasteiger partial charge in [-0.1, -0.05) is 52.9 Å². The number of rotatable bonds is 9. The summed E-state index contributed by atoms with van der Waals surface area (Å²) >= 11 is 3.12. The van der Waals surface area contributed by atoms with Crippen LogP contribution in [0.25, 0.3) is 0 Å². The average molecular weight is 539 g/mol. The zero-order valence-electron chi connectivity index (χ0n) is 22.6. The molecule has 0 aromatic carbocycles. The van der Waals surface area contributed by atoms with Gasteiger partial charge in [0, 0.05) is 17.9 Å². The molecule has 0 spiro atoms. The number of thiazole rings is 1. The quantitative estimate of drug-likeness (QED) is 0.335. The van der Waals surface area contributed by atoms with Crippen molar-refractivity contribution < 1.29 is 13.6 Å². The molecule has 1 N–H and O–H groups in total. The molecule has 1 aliphatic rings. The summed E-state index contributed by atoms with van der Waals surface area (Å²) in [4.78, 5) is 24.1. The van der Waals surface area contributed by atoms with Gasteiger partial charge in [-0.05, 0) is 44.8 Å². The number of likely N-dealkylation sites (tertiary alicyclic amines) is 1. The van der Waals surface area contributed by atoms with E-state index in [0.717, 1.165) is 42.4 Å². The molecule has 1 aliphatic heterocycles. The summed E-state index contributed by atoms with van der Waals surface area (Å²) < 4.78 is 13.2. The fourth-order valence-corrected chi connectivity index (χ4v) is 6.44. The third-order valence-electron chi connectivity index (χ3n) is 5.80. The lowest BCUT2D eigenvalue weighted by Crippen LogP contribution is -2.46. The normalized spacial score (nSPS) is 16.9. The molecular weight excluding hydrogens is 497 g/mol. The maximum atomic E-state index is 12.8. The lowest BCUT2D eigenvalue weighted by atomic mass is 9.94. The van der Waals surface area contributed by atoms with Gasteiger partial charge < -0.3 is 19.1 Å². The Morgan fingerprint density at radius 1 is 1.17 bits per heavy atom. The summed E-state index contributed by atoms with van der Waals surface area (Å²) in [6.07, 6.45) is 5.35. The van der Waals surface area contributed by atoms with E-state index in [1.165, 1.54) is 11.3 Å². The molecule has 2 aromatic rings. The van der Waals surface area contributed by atoms with Crippen molar-refractivity contribution in [2.24, 2.45) is 5.92 Å². The van der Waals surface area contributed by atoms with Crippen LogP contribution >= 0.6 is 23.1 Å². The van der Waals surface area contributed by atoms with E-state index >= 15 is 0 Å². The minimum Gasteiger partial charge on any atom is -0.444 e. The number of hydrogen-bond donors (Lipinski definition) is 1. The van der Waals surface area contributed by atoms with Crippen molar-refractivity contribution in [2.45, 2.75) is 94.2 Å². The van der Waals surface area contributed by atoms with E-state index in [1.54, 1.807) is 18.0 Å². The third-order valence-corrected chi connectivity index (χ3v) is 9.69. The van der Waals surface area contributed by atoms with E-state index < -0.39 is 9.76 Å². The van der Waals surface area contributed by atoms with Crippen molar-refractivity contribution in [1.29, 1.82) is 0 Å². The molecular formula is C25H42N4O3S2Si. The van der Waals surface area contributed by atoms with Gasteiger partial charge >= 0.3 is 0 Å². The van der Waals surface area contributed by atoms with Crippen molar-refractivity contribution in [3.05, 3.63) is 24.0 Å². The molecule has 3 heterocycles. The number of thioether (sulfide) groups is 1. The molecule has 0 unspecified atom stereocenters. The maximum Gasteiger partial charge on any atom is 0.229 e. The van der Waals surface area contributed by atoms with Crippen molar-refractivity contribution in [3.8, 4) is 0 Å². The van der Waals surface area contributed by atoms with Gasteiger partial charge in [0.15, 0.2) is 14.9 Å². The summed E-state index contributed by atoms with van der Waals surface area (Å²) in [7, 11) is -0.587. The Bertz CT molecular complexity index is 970. The standard InChI is InChI=1S/C25H42N4O3S2Si/c1-23(2,3)18-13-26-19(31-18)15-33-20-14-27-22(34-20)28-21(30)17-9-11-29(12-10-17)16-25(7,8)32-35-24(4,5)6/h13-14,17H,9-12,15-16,35H2,1-8H3,(H,27,28,30). The van der Waals surface area contributed by atoms with Crippen molar-refractivity contribution in [3.63, 3.8) is 0 Å². The molecule has 1 fully saturated rings. The Morgan fingerprint density at radius 3 is 2.46 bits per heavy atom. The van der Waals surface area contributed by atoms with Crippen LogP contribution in [-0.4, -0.2) is 55.8 Å². The van der Waals surface area contributed by atoms with Crippen LogP contribution in [0.15, 0.2) is 21.0 Å². The second kappa shape index (κ2) is 11.5. The number of aromatic nitrogens is 2. The second-order valence-corrected chi connectivity index (χ2v) is 17.3. The Labute approximate surface area is 221 Å². The summed E-state index contributed by atoms with van der Waals surface area (Å²) in [6.45, 7) is 20.2. The van der Waals surface area contributed by atoms with Gasteiger partial charge in [0.05, 0.1) is 28.0 Å². The van der Waals surface area contributed by atoms with Crippen LogP contribution in [0.3, 0.4) is 0 Å².